The van der Waals surface area contributed by atoms with Gasteiger partial charge >= 0.3 is 0 Å². The third-order valence-electron chi connectivity index (χ3n) is 5.68. The Morgan fingerprint density at radius 2 is 2.14 bits per heavy atom. The fraction of sp³-hybridized carbons (Fsp3) is 0.208. The molecule has 0 fully saturated rings. The lowest BCUT2D eigenvalue weighted by Crippen LogP contribution is -2.04. The summed E-state index contributed by atoms with van der Waals surface area (Å²) in [5, 5.41) is 11.4. The van der Waals surface area contributed by atoms with Crippen LogP contribution in [0.2, 0.25) is 0 Å². The van der Waals surface area contributed by atoms with Crippen molar-refractivity contribution >= 4 is 27.5 Å². The quantitative estimate of drug-likeness (QED) is 0.510. The van der Waals surface area contributed by atoms with E-state index in [9.17, 15) is 5.26 Å². The van der Waals surface area contributed by atoms with E-state index in [0.717, 1.165) is 52.3 Å². The van der Waals surface area contributed by atoms with Crippen molar-refractivity contribution in [3.8, 4) is 23.1 Å². The second-order valence-electron chi connectivity index (χ2n) is 7.38. The van der Waals surface area contributed by atoms with Crippen molar-refractivity contribution in [3.05, 3.63) is 60.4 Å². The van der Waals surface area contributed by atoms with Crippen molar-refractivity contribution < 1.29 is 4.74 Å². The maximum Gasteiger partial charge on any atom is 0.213 e. The Kier molecular flexibility index (Phi) is 4.25. The molecule has 0 bridgehead atoms. The van der Waals surface area contributed by atoms with Crippen molar-refractivity contribution in [1.29, 1.82) is 5.26 Å². The maximum absolute atomic E-state index is 9.25. The highest BCUT2D eigenvalue weighted by Crippen LogP contribution is 2.39. The van der Waals surface area contributed by atoms with Gasteiger partial charge in [0.1, 0.15) is 5.65 Å². The number of hydrogen-bond acceptors (Lipinski definition) is 4. The number of nitrogens with zero attached hydrogens (tertiary/aromatic N) is 3. The number of rotatable bonds is 3. The number of allylic oxidation sites excluding steroid dienone is 2. The van der Waals surface area contributed by atoms with Crippen molar-refractivity contribution in [2.45, 2.75) is 19.3 Å². The predicted octanol–water partition coefficient (Wildman–Crippen LogP) is 5.49. The first kappa shape index (κ1) is 17.4. The fourth-order valence-electron chi connectivity index (χ4n) is 4.14. The van der Waals surface area contributed by atoms with Crippen LogP contribution in [-0.2, 0) is 0 Å². The molecular formula is C24H20N4O. The maximum atomic E-state index is 9.25. The SMILES string of the molecule is COc1ccc2cc(-c3cnc4[nH]ccc4c3C3=CCC(C#N)CC3)ccc2n1. The van der Waals surface area contributed by atoms with Crippen LogP contribution in [0.1, 0.15) is 24.8 Å². The molecule has 0 spiro atoms. The average Bonchev–Trinajstić information content (AvgIpc) is 3.26. The number of hydrogen-bond donors (Lipinski definition) is 1. The van der Waals surface area contributed by atoms with Crippen molar-refractivity contribution in [3.63, 3.8) is 0 Å². The van der Waals surface area contributed by atoms with Crippen molar-refractivity contribution in [1.82, 2.24) is 15.0 Å². The smallest absolute Gasteiger partial charge is 0.213 e. The zero-order valence-electron chi connectivity index (χ0n) is 16.1. The van der Waals surface area contributed by atoms with E-state index < -0.39 is 0 Å². The van der Waals surface area contributed by atoms with Crippen LogP contribution in [0.4, 0.5) is 0 Å². The average molecular weight is 380 g/mol. The molecule has 0 radical (unpaired) electrons. The van der Waals surface area contributed by atoms with E-state index in [2.05, 4.69) is 45.3 Å². The Morgan fingerprint density at radius 3 is 2.93 bits per heavy atom. The zero-order chi connectivity index (χ0) is 19.8. The Hall–Kier alpha value is -3.65. The number of benzene rings is 1. The van der Waals surface area contributed by atoms with E-state index in [1.54, 1.807) is 7.11 Å². The van der Waals surface area contributed by atoms with Gasteiger partial charge in [-0.1, -0.05) is 12.1 Å². The fourth-order valence-corrected chi connectivity index (χ4v) is 4.14. The molecule has 1 atom stereocenters. The van der Waals surface area contributed by atoms with Gasteiger partial charge in [-0.3, -0.25) is 0 Å². The minimum absolute atomic E-state index is 0.118. The van der Waals surface area contributed by atoms with Gasteiger partial charge in [-0.15, -0.1) is 0 Å². The first-order chi connectivity index (χ1) is 14.3. The molecule has 5 nitrogen and oxygen atoms in total. The summed E-state index contributed by atoms with van der Waals surface area (Å²) in [6.45, 7) is 0. The minimum Gasteiger partial charge on any atom is -0.481 e. The van der Waals surface area contributed by atoms with Gasteiger partial charge in [0.2, 0.25) is 5.88 Å². The first-order valence-electron chi connectivity index (χ1n) is 9.77. The molecule has 1 N–H and O–H groups in total. The molecule has 29 heavy (non-hydrogen) atoms. The number of nitrogens with one attached hydrogen (secondary N) is 1. The van der Waals surface area contributed by atoms with Crippen LogP contribution in [0.5, 0.6) is 5.88 Å². The summed E-state index contributed by atoms with van der Waals surface area (Å²) < 4.78 is 5.24. The number of pyridine rings is 2. The molecule has 0 aliphatic heterocycles. The molecule has 0 amide bonds. The molecule has 0 saturated heterocycles. The summed E-state index contributed by atoms with van der Waals surface area (Å²) in [7, 11) is 1.63. The monoisotopic (exact) mass is 380 g/mol. The summed E-state index contributed by atoms with van der Waals surface area (Å²) in [6, 6.07) is 14.7. The molecule has 1 aromatic carbocycles. The summed E-state index contributed by atoms with van der Waals surface area (Å²) in [5.74, 6) is 0.730. The molecule has 3 heterocycles. The van der Waals surface area contributed by atoms with Crippen molar-refractivity contribution in [2.24, 2.45) is 5.92 Å². The van der Waals surface area contributed by atoms with Gasteiger partial charge in [-0.2, -0.15) is 5.26 Å². The van der Waals surface area contributed by atoms with E-state index in [0.29, 0.717) is 5.88 Å². The summed E-state index contributed by atoms with van der Waals surface area (Å²) in [5.41, 5.74) is 6.52. The van der Waals surface area contributed by atoms with E-state index in [4.69, 9.17) is 4.74 Å². The molecular weight excluding hydrogens is 360 g/mol. The van der Waals surface area contributed by atoms with Crippen molar-refractivity contribution in [2.75, 3.05) is 7.11 Å². The van der Waals surface area contributed by atoms with E-state index >= 15 is 0 Å². The van der Waals surface area contributed by atoms with Crippen LogP contribution in [0.15, 0.2) is 54.9 Å². The molecule has 1 aliphatic carbocycles. The van der Waals surface area contributed by atoms with Crippen LogP contribution < -0.4 is 4.74 Å². The van der Waals surface area contributed by atoms with Gasteiger partial charge < -0.3 is 9.72 Å². The van der Waals surface area contributed by atoms with Gasteiger partial charge in [-0.25, -0.2) is 9.97 Å². The molecule has 3 aromatic heterocycles. The van der Waals surface area contributed by atoms with Crippen LogP contribution >= 0.6 is 0 Å². The Balaban J connectivity index is 1.68. The number of methoxy groups -OCH3 is 1. The lowest BCUT2D eigenvalue weighted by molar-refractivity contribution is 0.399. The Bertz CT molecular complexity index is 1300. The predicted molar refractivity (Wildman–Crippen MR) is 114 cm³/mol. The third kappa shape index (κ3) is 3.03. The Morgan fingerprint density at radius 1 is 1.21 bits per heavy atom. The molecule has 1 unspecified atom stereocenters. The van der Waals surface area contributed by atoms with Gasteiger partial charge in [0, 0.05) is 34.8 Å². The number of nitriles is 1. The topological polar surface area (TPSA) is 74.6 Å². The number of H-pyrrole nitrogens is 1. The number of ether oxygens (including phenoxy) is 1. The Labute approximate surface area is 168 Å². The standard InChI is InChI=1S/C24H20N4O/c1-29-22-9-7-18-12-17(6-8-21(18)28-22)20-14-27-24-19(10-11-26-24)23(20)16-4-2-15(13-25)3-5-16/h4,6-12,14-15H,2-3,5H2,1H3,(H,26,27). The molecule has 1 aliphatic rings. The number of aromatic amines is 1. The second kappa shape index (κ2) is 7.06. The largest absolute Gasteiger partial charge is 0.481 e. The van der Waals surface area contributed by atoms with Crippen LogP contribution in [0.3, 0.4) is 0 Å². The van der Waals surface area contributed by atoms with Crippen LogP contribution in [0, 0.1) is 17.2 Å². The van der Waals surface area contributed by atoms with E-state index in [1.807, 2.05) is 30.6 Å². The van der Waals surface area contributed by atoms with Crippen LogP contribution in [0.25, 0.3) is 38.6 Å². The van der Waals surface area contributed by atoms with Gasteiger partial charge in [0.15, 0.2) is 0 Å². The summed E-state index contributed by atoms with van der Waals surface area (Å²) in [6.07, 6.45) is 8.73. The molecule has 4 aromatic rings. The second-order valence-corrected chi connectivity index (χ2v) is 7.38. The normalized spacial score (nSPS) is 16.6. The highest BCUT2D eigenvalue weighted by Gasteiger charge is 2.20. The first-order valence-corrected chi connectivity index (χ1v) is 9.77. The van der Waals surface area contributed by atoms with Gasteiger partial charge in [0.25, 0.3) is 0 Å². The molecule has 142 valence electrons. The summed E-state index contributed by atoms with van der Waals surface area (Å²) in [4.78, 5) is 12.4. The lowest BCUT2D eigenvalue weighted by Gasteiger charge is -2.20. The molecule has 5 rings (SSSR count). The third-order valence-corrected chi connectivity index (χ3v) is 5.68. The number of aromatic nitrogens is 3. The van der Waals surface area contributed by atoms with E-state index in [-0.39, 0.29) is 5.92 Å². The lowest BCUT2D eigenvalue weighted by atomic mass is 9.84. The van der Waals surface area contributed by atoms with Gasteiger partial charge in [0.05, 0.1) is 24.6 Å². The molecule has 0 saturated carbocycles. The van der Waals surface area contributed by atoms with E-state index in [1.165, 1.54) is 11.1 Å². The molecule has 5 heteroatoms. The van der Waals surface area contributed by atoms with Crippen LogP contribution in [-0.4, -0.2) is 22.1 Å². The highest BCUT2D eigenvalue weighted by atomic mass is 16.5. The zero-order valence-corrected chi connectivity index (χ0v) is 16.1. The minimum atomic E-state index is 0.118. The summed E-state index contributed by atoms with van der Waals surface area (Å²) >= 11 is 0. The van der Waals surface area contributed by atoms with Gasteiger partial charge in [-0.05, 0) is 60.2 Å². The highest BCUT2D eigenvalue weighted by molar-refractivity contribution is 5.99. The number of fused-ring (bicyclic) bond motifs is 2.